The van der Waals surface area contributed by atoms with Crippen molar-refractivity contribution in [1.29, 1.82) is 5.41 Å². The van der Waals surface area contributed by atoms with Crippen molar-refractivity contribution in [1.82, 2.24) is 0 Å². The third-order valence-corrected chi connectivity index (χ3v) is 0.404. The second-order valence-electron chi connectivity index (χ2n) is 1.42. The maximum absolute atomic E-state index is 9.95. The molecule has 0 saturated heterocycles. The van der Waals surface area contributed by atoms with Crippen LogP contribution >= 0.6 is 12.4 Å². The van der Waals surface area contributed by atoms with E-state index in [0.29, 0.717) is 12.8 Å². The van der Waals surface area contributed by atoms with Crippen molar-refractivity contribution >= 4 is 30.6 Å². The molecule has 2 N–H and O–H groups in total. The van der Waals surface area contributed by atoms with Gasteiger partial charge >= 0.3 is 5.97 Å². The Morgan fingerprint density at radius 3 is 2.00 bits per heavy atom. The van der Waals surface area contributed by atoms with E-state index in [1.54, 1.807) is 6.92 Å². The van der Waals surface area contributed by atoms with Crippen LogP contribution in [-0.4, -0.2) is 29.9 Å². The Morgan fingerprint density at radius 1 is 1.58 bits per heavy atom. The fourth-order valence-corrected chi connectivity index (χ4v) is 0.184. The number of rotatable bonds is 2. The summed E-state index contributed by atoms with van der Waals surface area (Å²) >= 11 is 0. The normalized spacial score (nSPS) is 6.50. The van der Waals surface area contributed by atoms with Crippen LogP contribution < -0.4 is 0 Å². The molecule has 0 rings (SSSR count). The first-order valence-corrected chi connectivity index (χ1v) is 2.91. The molecule has 6 heteroatoms. The van der Waals surface area contributed by atoms with Gasteiger partial charge in [0.15, 0.2) is 0 Å². The average molecular weight is 198 g/mol. The van der Waals surface area contributed by atoms with Gasteiger partial charge in [0.25, 0.3) is 5.97 Å². The molecule has 0 amide bonds. The Hall–Kier alpha value is -1.10. The van der Waals surface area contributed by atoms with Crippen LogP contribution in [0, 0.1) is 5.41 Å². The number of hydrogen-bond donors (Lipinski definition) is 2. The van der Waals surface area contributed by atoms with Crippen molar-refractivity contribution in [2.75, 3.05) is 6.61 Å². The second kappa shape index (κ2) is 12.6. The molecule has 0 saturated carbocycles. The van der Waals surface area contributed by atoms with Gasteiger partial charge in [0.2, 0.25) is 0 Å². The predicted octanol–water partition coefficient (Wildman–Crippen LogP) is 0.712. The van der Waals surface area contributed by atoms with Gasteiger partial charge in [0.1, 0.15) is 6.21 Å². The standard InChI is InChI=1S/C4H7NO2.C2H4O2.ClH/c1-2-7-4(6)3-5;1-2(3)4;/h3,5H,2H2,1H3;1H3,(H,3,4);1H. The van der Waals surface area contributed by atoms with Crippen LogP contribution in [0.4, 0.5) is 0 Å². The lowest BCUT2D eigenvalue weighted by Gasteiger charge is -1.89. The van der Waals surface area contributed by atoms with Crippen LogP contribution in [-0.2, 0) is 14.3 Å². The van der Waals surface area contributed by atoms with Crippen molar-refractivity contribution in [3.8, 4) is 0 Å². The SMILES string of the molecule is CC(=O)O.CCOC(=O)C=N.Cl. The zero-order valence-electron chi connectivity index (χ0n) is 6.86. The Labute approximate surface area is 76.6 Å². The van der Waals surface area contributed by atoms with Gasteiger partial charge in [0.05, 0.1) is 6.61 Å². The van der Waals surface area contributed by atoms with Crippen LogP contribution in [0.15, 0.2) is 0 Å². The topological polar surface area (TPSA) is 87.5 Å². The number of nitrogens with one attached hydrogen (secondary N) is 1. The Bertz CT molecular complexity index is 144. The molecule has 12 heavy (non-hydrogen) atoms. The lowest BCUT2D eigenvalue weighted by Crippen LogP contribution is -2.02. The summed E-state index contributed by atoms with van der Waals surface area (Å²) in [7, 11) is 0. The molecular weight excluding hydrogens is 186 g/mol. The van der Waals surface area contributed by atoms with Gasteiger partial charge < -0.3 is 15.3 Å². The van der Waals surface area contributed by atoms with Crippen molar-refractivity contribution in [2.45, 2.75) is 13.8 Å². The van der Waals surface area contributed by atoms with Gasteiger partial charge in [-0.15, -0.1) is 12.4 Å². The third-order valence-electron chi connectivity index (χ3n) is 0.404. The van der Waals surface area contributed by atoms with Crippen LogP contribution in [0.25, 0.3) is 0 Å². The van der Waals surface area contributed by atoms with E-state index in [4.69, 9.17) is 15.3 Å². The van der Waals surface area contributed by atoms with E-state index in [2.05, 4.69) is 4.74 Å². The fourth-order valence-electron chi connectivity index (χ4n) is 0.184. The molecule has 0 aromatic rings. The van der Waals surface area contributed by atoms with Crippen molar-refractivity contribution in [3.05, 3.63) is 0 Å². The largest absolute Gasteiger partial charge is 0.481 e. The highest BCUT2D eigenvalue weighted by atomic mass is 35.5. The molecule has 0 aromatic heterocycles. The highest BCUT2D eigenvalue weighted by Crippen LogP contribution is 1.68. The lowest BCUT2D eigenvalue weighted by atomic mass is 10.7. The van der Waals surface area contributed by atoms with Gasteiger partial charge in [-0.05, 0) is 6.92 Å². The summed E-state index contributed by atoms with van der Waals surface area (Å²) in [4.78, 5) is 18.9. The van der Waals surface area contributed by atoms with Gasteiger partial charge in [-0.3, -0.25) is 4.79 Å². The highest BCUT2D eigenvalue weighted by Gasteiger charge is 1.88. The summed E-state index contributed by atoms with van der Waals surface area (Å²) < 4.78 is 4.31. The fraction of sp³-hybridized carbons (Fsp3) is 0.500. The first-order valence-electron chi connectivity index (χ1n) is 2.91. The minimum Gasteiger partial charge on any atom is -0.481 e. The smallest absolute Gasteiger partial charge is 0.348 e. The van der Waals surface area contributed by atoms with Crippen LogP contribution in [0.2, 0.25) is 0 Å². The molecular formula is C6H12ClNO4. The van der Waals surface area contributed by atoms with Gasteiger partial charge in [-0.1, -0.05) is 0 Å². The van der Waals surface area contributed by atoms with Gasteiger partial charge in [-0.25, -0.2) is 4.79 Å². The molecule has 0 aliphatic carbocycles. The van der Waals surface area contributed by atoms with E-state index in [-0.39, 0.29) is 12.4 Å². The number of carbonyl (C=O) groups excluding carboxylic acids is 1. The van der Waals surface area contributed by atoms with Crippen LogP contribution in [0.3, 0.4) is 0 Å². The van der Waals surface area contributed by atoms with E-state index in [1.165, 1.54) is 0 Å². The molecule has 5 nitrogen and oxygen atoms in total. The number of ether oxygens (including phenoxy) is 1. The molecule has 0 aliphatic heterocycles. The Balaban J connectivity index is -0.000000142. The third kappa shape index (κ3) is 36.5. The van der Waals surface area contributed by atoms with E-state index < -0.39 is 11.9 Å². The maximum atomic E-state index is 9.95. The van der Waals surface area contributed by atoms with Gasteiger partial charge in [0, 0.05) is 6.92 Å². The van der Waals surface area contributed by atoms with E-state index in [9.17, 15) is 4.79 Å². The molecule has 0 spiro atoms. The predicted molar refractivity (Wildman–Crippen MR) is 46.0 cm³/mol. The molecule has 0 unspecified atom stereocenters. The van der Waals surface area contributed by atoms with E-state index in [1.807, 2.05) is 0 Å². The minimum atomic E-state index is -0.833. The van der Waals surface area contributed by atoms with Crippen LogP contribution in [0.5, 0.6) is 0 Å². The minimum absolute atomic E-state index is 0. The molecule has 0 bridgehead atoms. The molecule has 0 heterocycles. The summed E-state index contributed by atoms with van der Waals surface area (Å²) in [5.74, 6) is -1.41. The molecule has 0 aromatic carbocycles. The molecule has 72 valence electrons. The second-order valence-corrected chi connectivity index (χ2v) is 1.42. The Kier molecular flexibility index (Phi) is 17.9. The number of halogens is 1. The monoisotopic (exact) mass is 197 g/mol. The number of esters is 1. The van der Waals surface area contributed by atoms with E-state index in [0.717, 1.165) is 6.92 Å². The average Bonchev–Trinajstić information content (AvgIpc) is 1.87. The molecule has 0 fully saturated rings. The zero-order chi connectivity index (χ0) is 9.28. The van der Waals surface area contributed by atoms with Crippen molar-refractivity contribution in [3.63, 3.8) is 0 Å². The summed E-state index contributed by atoms with van der Waals surface area (Å²) in [6.07, 6.45) is 0.642. The summed E-state index contributed by atoms with van der Waals surface area (Å²) in [6, 6.07) is 0. The van der Waals surface area contributed by atoms with E-state index >= 15 is 0 Å². The highest BCUT2D eigenvalue weighted by molar-refractivity contribution is 6.21. The van der Waals surface area contributed by atoms with Crippen molar-refractivity contribution in [2.24, 2.45) is 0 Å². The molecule has 0 aliphatic rings. The summed E-state index contributed by atoms with van der Waals surface area (Å²) in [5, 5.41) is 13.7. The quantitative estimate of drug-likeness (QED) is 0.504. The number of aliphatic carboxylic acids is 1. The number of carboxylic acid groups (broad SMARTS) is 1. The maximum Gasteiger partial charge on any atom is 0.348 e. The van der Waals surface area contributed by atoms with Gasteiger partial charge in [-0.2, -0.15) is 0 Å². The molecule has 0 radical (unpaired) electrons. The first kappa shape index (κ1) is 17.1. The number of hydrogen-bond acceptors (Lipinski definition) is 4. The summed E-state index contributed by atoms with van der Waals surface area (Å²) in [5.41, 5.74) is 0. The lowest BCUT2D eigenvalue weighted by molar-refractivity contribution is -0.135. The summed E-state index contributed by atoms with van der Waals surface area (Å²) in [6.45, 7) is 3.12. The number of carboxylic acids is 1. The number of carbonyl (C=O) groups is 2. The Morgan fingerprint density at radius 2 is 1.92 bits per heavy atom. The van der Waals surface area contributed by atoms with Crippen molar-refractivity contribution < 1.29 is 19.4 Å². The zero-order valence-corrected chi connectivity index (χ0v) is 7.68. The van der Waals surface area contributed by atoms with Crippen LogP contribution in [0.1, 0.15) is 13.8 Å². The molecule has 0 atom stereocenters. The first-order chi connectivity index (χ1) is 5.04.